The van der Waals surface area contributed by atoms with Crippen molar-refractivity contribution in [2.45, 2.75) is 19.0 Å². The third kappa shape index (κ3) is 4.18. The van der Waals surface area contributed by atoms with Gasteiger partial charge in [0.15, 0.2) is 0 Å². The SMILES string of the molecule is FC(F)c1nc(OC(F)(F)F)cc(Br)c1C(F)(F)F. The molecule has 1 heterocycles. The van der Waals surface area contributed by atoms with Crippen LogP contribution in [-0.4, -0.2) is 11.3 Å². The molecule has 0 bridgehead atoms. The van der Waals surface area contributed by atoms with Crippen molar-refractivity contribution in [3.63, 3.8) is 0 Å². The summed E-state index contributed by atoms with van der Waals surface area (Å²) in [6, 6.07) is 0.211. The topological polar surface area (TPSA) is 22.1 Å². The van der Waals surface area contributed by atoms with Crippen LogP contribution in [0.3, 0.4) is 0 Å². The van der Waals surface area contributed by atoms with E-state index in [1.54, 1.807) is 0 Å². The zero-order valence-electron chi connectivity index (χ0n) is 8.41. The van der Waals surface area contributed by atoms with E-state index in [4.69, 9.17) is 0 Å². The van der Waals surface area contributed by atoms with Crippen LogP contribution in [0.25, 0.3) is 0 Å². The van der Waals surface area contributed by atoms with Crippen LogP contribution in [0, 0.1) is 0 Å². The predicted octanol–water partition coefficient (Wildman–Crippen LogP) is 4.70. The Hall–Kier alpha value is -1.13. The fourth-order valence-corrected chi connectivity index (χ4v) is 1.74. The summed E-state index contributed by atoms with van der Waals surface area (Å²) in [6.07, 6.45) is -14.2. The molecule has 2 nitrogen and oxygen atoms in total. The Bertz CT molecular complexity index is 469. The highest BCUT2D eigenvalue weighted by Crippen LogP contribution is 2.41. The van der Waals surface area contributed by atoms with Crippen molar-refractivity contribution >= 4 is 15.9 Å². The molecular formula is C8H2BrF8NO. The largest absolute Gasteiger partial charge is 0.574 e. The van der Waals surface area contributed by atoms with Gasteiger partial charge in [0.2, 0.25) is 5.88 Å². The molecule has 1 rings (SSSR count). The van der Waals surface area contributed by atoms with Gasteiger partial charge in [-0.05, 0) is 15.9 Å². The van der Waals surface area contributed by atoms with Crippen molar-refractivity contribution in [3.05, 3.63) is 21.8 Å². The molecule has 1 aromatic rings. The van der Waals surface area contributed by atoms with E-state index in [9.17, 15) is 35.1 Å². The van der Waals surface area contributed by atoms with E-state index in [1.165, 1.54) is 0 Å². The monoisotopic (exact) mass is 359 g/mol. The summed E-state index contributed by atoms with van der Waals surface area (Å²) < 4.78 is 100. The van der Waals surface area contributed by atoms with E-state index in [2.05, 4.69) is 25.7 Å². The average molecular weight is 360 g/mol. The molecule has 0 aromatic carbocycles. The number of alkyl halides is 8. The molecule has 0 saturated heterocycles. The van der Waals surface area contributed by atoms with Gasteiger partial charge in [-0.25, -0.2) is 13.8 Å². The number of hydrogen-bond acceptors (Lipinski definition) is 2. The van der Waals surface area contributed by atoms with Gasteiger partial charge in [-0.15, -0.1) is 13.2 Å². The Kier molecular flexibility index (Phi) is 4.27. The minimum atomic E-state index is -5.26. The second-order valence-corrected chi connectivity index (χ2v) is 3.90. The van der Waals surface area contributed by atoms with Gasteiger partial charge in [0.05, 0.1) is 5.56 Å². The number of nitrogens with zero attached hydrogens (tertiary/aromatic N) is 1. The number of rotatable bonds is 2. The molecule has 0 aliphatic carbocycles. The third-order valence-electron chi connectivity index (χ3n) is 1.69. The minimum absolute atomic E-state index is 0.211. The van der Waals surface area contributed by atoms with Crippen LogP contribution in [0.1, 0.15) is 17.7 Å². The predicted molar refractivity (Wildman–Crippen MR) is 48.6 cm³/mol. The molecule has 0 aliphatic heterocycles. The van der Waals surface area contributed by atoms with Crippen molar-refractivity contribution in [2.24, 2.45) is 0 Å². The van der Waals surface area contributed by atoms with Crippen LogP contribution < -0.4 is 4.74 Å². The molecule has 1 aromatic heterocycles. The lowest BCUT2D eigenvalue weighted by molar-refractivity contribution is -0.276. The second-order valence-electron chi connectivity index (χ2n) is 3.05. The van der Waals surface area contributed by atoms with Crippen LogP contribution in [0.4, 0.5) is 35.1 Å². The van der Waals surface area contributed by atoms with E-state index >= 15 is 0 Å². The van der Waals surface area contributed by atoms with Crippen LogP contribution >= 0.6 is 15.9 Å². The van der Waals surface area contributed by atoms with E-state index in [0.717, 1.165) is 0 Å². The summed E-state index contributed by atoms with van der Waals surface area (Å²) >= 11 is 2.27. The number of halogens is 9. The van der Waals surface area contributed by atoms with E-state index < -0.39 is 40.6 Å². The first-order valence-corrected chi connectivity index (χ1v) is 5.02. The molecule has 0 amide bonds. The van der Waals surface area contributed by atoms with E-state index in [0.29, 0.717) is 0 Å². The van der Waals surface area contributed by atoms with Gasteiger partial charge in [-0.3, -0.25) is 0 Å². The summed E-state index contributed by atoms with van der Waals surface area (Å²) in [5.74, 6) is -1.41. The molecule has 0 radical (unpaired) electrons. The lowest BCUT2D eigenvalue weighted by atomic mass is 10.2. The first kappa shape index (κ1) is 15.9. The maximum atomic E-state index is 12.5. The van der Waals surface area contributed by atoms with Gasteiger partial charge in [0.25, 0.3) is 6.43 Å². The normalized spacial score (nSPS) is 12.9. The van der Waals surface area contributed by atoms with Crippen LogP contribution in [0.2, 0.25) is 0 Å². The summed E-state index contributed by atoms with van der Waals surface area (Å²) in [5, 5.41) is 0. The maximum Gasteiger partial charge on any atom is 0.574 e. The quantitative estimate of drug-likeness (QED) is 0.714. The van der Waals surface area contributed by atoms with Gasteiger partial charge in [0, 0.05) is 10.5 Å². The summed E-state index contributed by atoms with van der Waals surface area (Å²) in [6.45, 7) is 0. The number of pyridine rings is 1. The fraction of sp³-hybridized carbons (Fsp3) is 0.375. The van der Waals surface area contributed by atoms with Gasteiger partial charge in [0.1, 0.15) is 5.69 Å². The van der Waals surface area contributed by atoms with Crippen molar-refractivity contribution in [1.29, 1.82) is 0 Å². The van der Waals surface area contributed by atoms with E-state index in [1.807, 2.05) is 0 Å². The van der Waals surface area contributed by atoms with Gasteiger partial charge in [-0.1, -0.05) is 0 Å². The molecule has 11 heteroatoms. The van der Waals surface area contributed by atoms with Gasteiger partial charge in [-0.2, -0.15) is 13.2 Å². The Morgan fingerprint density at radius 3 is 2.00 bits per heavy atom. The van der Waals surface area contributed by atoms with E-state index in [-0.39, 0.29) is 6.07 Å². The zero-order chi connectivity index (χ0) is 15.0. The van der Waals surface area contributed by atoms with Crippen LogP contribution in [0.5, 0.6) is 5.88 Å². The van der Waals surface area contributed by atoms with Crippen molar-refractivity contribution in [1.82, 2.24) is 4.98 Å². The zero-order valence-corrected chi connectivity index (χ0v) is 10.00. The number of hydrogen-bond donors (Lipinski definition) is 0. The molecular weight excluding hydrogens is 358 g/mol. The smallest absolute Gasteiger partial charge is 0.388 e. The molecule has 0 fully saturated rings. The summed E-state index contributed by atoms with van der Waals surface area (Å²) in [4.78, 5) is 2.54. The molecule has 0 N–H and O–H groups in total. The summed E-state index contributed by atoms with van der Waals surface area (Å²) in [7, 11) is 0. The molecule has 0 saturated carbocycles. The van der Waals surface area contributed by atoms with Crippen LogP contribution in [0.15, 0.2) is 10.5 Å². The Morgan fingerprint density at radius 1 is 1.11 bits per heavy atom. The molecule has 0 unspecified atom stereocenters. The molecule has 19 heavy (non-hydrogen) atoms. The first-order chi connectivity index (χ1) is 8.42. The molecule has 0 aliphatic rings. The van der Waals surface area contributed by atoms with Crippen molar-refractivity contribution in [3.8, 4) is 5.88 Å². The lowest BCUT2D eigenvalue weighted by Crippen LogP contribution is -2.20. The Morgan fingerprint density at radius 2 is 1.63 bits per heavy atom. The highest BCUT2D eigenvalue weighted by molar-refractivity contribution is 9.10. The lowest BCUT2D eigenvalue weighted by Gasteiger charge is -2.16. The average Bonchev–Trinajstić information content (AvgIpc) is 2.10. The van der Waals surface area contributed by atoms with Crippen LogP contribution in [-0.2, 0) is 6.18 Å². The standard InChI is InChI=1S/C8H2BrF8NO/c9-2-1-3(19-8(15,16)17)18-5(6(10)11)4(2)7(12,13)14/h1,6H. The third-order valence-corrected chi connectivity index (χ3v) is 2.31. The fourth-order valence-electron chi connectivity index (χ4n) is 1.12. The highest BCUT2D eigenvalue weighted by Gasteiger charge is 2.41. The molecule has 108 valence electrons. The van der Waals surface area contributed by atoms with Gasteiger partial charge < -0.3 is 4.74 Å². The van der Waals surface area contributed by atoms with Gasteiger partial charge >= 0.3 is 12.5 Å². The highest BCUT2D eigenvalue weighted by atomic mass is 79.9. The summed E-state index contributed by atoms with van der Waals surface area (Å²) in [5.41, 5.74) is -3.70. The second kappa shape index (κ2) is 5.10. The minimum Gasteiger partial charge on any atom is -0.388 e. The Balaban J connectivity index is 3.38. The van der Waals surface area contributed by atoms with Crippen molar-refractivity contribution in [2.75, 3.05) is 0 Å². The molecule has 0 atom stereocenters. The maximum absolute atomic E-state index is 12.5. The number of aromatic nitrogens is 1. The first-order valence-electron chi connectivity index (χ1n) is 4.23. The Labute approximate surface area is 108 Å². The van der Waals surface area contributed by atoms with Crippen molar-refractivity contribution < 1.29 is 39.9 Å². The molecule has 0 spiro atoms. The number of ether oxygens (including phenoxy) is 1.